The van der Waals surface area contributed by atoms with Gasteiger partial charge in [-0.25, -0.2) is 0 Å². The molecule has 1 atom stereocenters. The summed E-state index contributed by atoms with van der Waals surface area (Å²) in [6.45, 7) is 4.20. The van der Waals surface area contributed by atoms with Crippen molar-refractivity contribution >= 4 is 0 Å². The van der Waals surface area contributed by atoms with E-state index in [1.165, 1.54) is 22.3 Å². The van der Waals surface area contributed by atoms with Crippen LogP contribution >= 0.6 is 0 Å². The molecule has 0 bridgehead atoms. The van der Waals surface area contributed by atoms with Crippen molar-refractivity contribution in [3.05, 3.63) is 70.8 Å². The van der Waals surface area contributed by atoms with Gasteiger partial charge < -0.3 is 0 Å². The minimum Gasteiger partial charge on any atom is -0.171 e. The summed E-state index contributed by atoms with van der Waals surface area (Å²) in [6, 6.07) is 17.5. The SMILES string of the molecule is Cc1ccc(C2CCC(CCC(CC3CCC(c4ccc(C)cc4)CC3)C(F)(F)F)CC2)cc1. The summed E-state index contributed by atoms with van der Waals surface area (Å²) >= 11 is 0. The highest BCUT2D eigenvalue weighted by molar-refractivity contribution is 5.25. The molecule has 3 heteroatoms. The second-order valence-electron chi connectivity index (χ2n) is 11.3. The highest BCUT2D eigenvalue weighted by atomic mass is 19.4. The molecule has 2 aliphatic rings. The Morgan fingerprint density at radius 1 is 0.647 bits per heavy atom. The van der Waals surface area contributed by atoms with E-state index in [1.54, 1.807) is 0 Å². The minimum absolute atomic E-state index is 0.227. The summed E-state index contributed by atoms with van der Waals surface area (Å²) in [5, 5.41) is 0. The van der Waals surface area contributed by atoms with Crippen molar-refractivity contribution in [1.82, 2.24) is 0 Å². The number of hydrogen-bond acceptors (Lipinski definition) is 0. The molecule has 0 heterocycles. The predicted molar refractivity (Wildman–Crippen MR) is 135 cm³/mol. The van der Waals surface area contributed by atoms with E-state index < -0.39 is 12.1 Å². The largest absolute Gasteiger partial charge is 0.391 e. The molecular weight excluding hydrogens is 429 g/mol. The highest BCUT2D eigenvalue weighted by Crippen LogP contribution is 2.44. The van der Waals surface area contributed by atoms with Crippen LogP contribution in [0, 0.1) is 31.6 Å². The number of hydrogen-bond donors (Lipinski definition) is 0. The highest BCUT2D eigenvalue weighted by Gasteiger charge is 2.41. The summed E-state index contributed by atoms with van der Waals surface area (Å²) in [4.78, 5) is 0. The van der Waals surface area contributed by atoms with Gasteiger partial charge in [0, 0.05) is 0 Å². The second-order valence-corrected chi connectivity index (χ2v) is 11.3. The van der Waals surface area contributed by atoms with Gasteiger partial charge in [-0.2, -0.15) is 13.2 Å². The average molecular weight is 471 g/mol. The number of rotatable bonds is 7. The Balaban J connectivity index is 1.23. The van der Waals surface area contributed by atoms with Gasteiger partial charge in [0.15, 0.2) is 0 Å². The van der Waals surface area contributed by atoms with Crippen LogP contribution in [0.15, 0.2) is 48.5 Å². The second kappa shape index (κ2) is 11.3. The Kier molecular flexibility index (Phi) is 8.43. The fourth-order valence-electron chi connectivity index (χ4n) is 6.45. The topological polar surface area (TPSA) is 0 Å². The van der Waals surface area contributed by atoms with Crippen molar-refractivity contribution in [3.63, 3.8) is 0 Å². The first-order valence-electron chi connectivity index (χ1n) is 13.5. The van der Waals surface area contributed by atoms with Crippen LogP contribution in [0.3, 0.4) is 0 Å². The molecule has 2 aromatic carbocycles. The molecule has 0 aromatic heterocycles. The molecule has 2 aliphatic carbocycles. The first kappa shape index (κ1) is 25.3. The zero-order valence-electron chi connectivity index (χ0n) is 20.9. The number of halogens is 3. The molecule has 0 radical (unpaired) electrons. The van der Waals surface area contributed by atoms with E-state index in [9.17, 15) is 13.2 Å². The van der Waals surface area contributed by atoms with Gasteiger partial charge in [-0.1, -0.05) is 59.7 Å². The van der Waals surface area contributed by atoms with E-state index in [0.29, 0.717) is 30.6 Å². The Bertz CT molecular complexity index is 864. The Hall–Kier alpha value is -1.77. The summed E-state index contributed by atoms with van der Waals surface area (Å²) in [5.74, 6) is 0.668. The number of benzene rings is 2. The van der Waals surface area contributed by atoms with Crippen LogP contribution in [0.25, 0.3) is 0 Å². The van der Waals surface area contributed by atoms with Gasteiger partial charge in [0.2, 0.25) is 0 Å². The van der Waals surface area contributed by atoms with Crippen LogP contribution in [0.2, 0.25) is 0 Å². The molecule has 0 nitrogen and oxygen atoms in total. The summed E-state index contributed by atoms with van der Waals surface area (Å²) in [5.41, 5.74) is 5.30. The molecule has 0 aliphatic heterocycles. The third-order valence-corrected chi connectivity index (χ3v) is 8.80. The minimum atomic E-state index is -4.06. The predicted octanol–water partition coefficient (Wildman–Crippen LogP) is 9.90. The van der Waals surface area contributed by atoms with Crippen LogP contribution < -0.4 is 0 Å². The maximum Gasteiger partial charge on any atom is 0.391 e. The Morgan fingerprint density at radius 2 is 1.06 bits per heavy atom. The lowest BCUT2D eigenvalue weighted by molar-refractivity contribution is -0.182. The normalized spacial score (nSPS) is 26.9. The molecule has 186 valence electrons. The maximum atomic E-state index is 13.9. The van der Waals surface area contributed by atoms with Gasteiger partial charge >= 0.3 is 6.18 Å². The number of alkyl halides is 3. The molecule has 4 rings (SSSR count). The maximum absolute atomic E-state index is 13.9. The monoisotopic (exact) mass is 470 g/mol. The lowest BCUT2D eigenvalue weighted by atomic mass is 9.73. The third-order valence-electron chi connectivity index (χ3n) is 8.80. The van der Waals surface area contributed by atoms with Crippen LogP contribution in [0.5, 0.6) is 0 Å². The van der Waals surface area contributed by atoms with Crippen molar-refractivity contribution in [1.29, 1.82) is 0 Å². The Morgan fingerprint density at radius 3 is 1.47 bits per heavy atom. The summed E-state index contributed by atoms with van der Waals surface area (Å²) in [7, 11) is 0. The first-order valence-corrected chi connectivity index (χ1v) is 13.5. The van der Waals surface area contributed by atoms with Crippen molar-refractivity contribution in [2.75, 3.05) is 0 Å². The first-order chi connectivity index (χ1) is 16.3. The molecule has 0 saturated heterocycles. The van der Waals surface area contributed by atoms with Crippen LogP contribution in [0.4, 0.5) is 13.2 Å². The molecule has 2 fully saturated rings. The van der Waals surface area contributed by atoms with E-state index in [2.05, 4.69) is 62.4 Å². The lowest BCUT2D eigenvalue weighted by Crippen LogP contribution is -2.28. The molecule has 0 amide bonds. The zero-order valence-corrected chi connectivity index (χ0v) is 20.9. The van der Waals surface area contributed by atoms with Gasteiger partial charge in [-0.15, -0.1) is 0 Å². The Labute approximate surface area is 204 Å². The van der Waals surface area contributed by atoms with Gasteiger partial charge in [0.25, 0.3) is 0 Å². The quantitative estimate of drug-likeness (QED) is 0.378. The molecule has 0 spiro atoms. The van der Waals surface area contributed by atoms with E-state index in [1.807, 2.05) is 0 Å². The van der Waals surface area contributed by atoms with E-state index in [4.69, 9.17) is 0 Å². The van der Waals surface area contributed by atoms with Gasteiger partial charge in [0.1, 0.15) is 0 Å². The molecular formula is C31H41F3. The summed E-state index contributed by atoms with van der Waals surface area (Å²) in [6.07, 6.45) is 5.65. The number of aryl methyl sites for hydroxylation is 2. The lowest BCUT2D eigenvalue weighted by Gasteiger charge is -2.33. The van der Waals surface area contributed by atoms with Crippen LogP contribution in [0.1, 0.15) is 105 Å². The van der Waals surface area contributed by atoms with Crippen molar-refractivity contribution in [2.24, 2.45) is 17.8 Å². The smallest absolute Gasteiger partial charge is 0.171 e. The molecule has 2 saturated carbocycles. The average Bonchev–Trinajstić information content (AvgIpc) is 2.83. The third kappa shape index (κ3) is 6.89. The zero-order chi connectivity index (χ0) is 24.1. The van der Waals surface area contributed by atoms with E-state index in [-0.39, 0.29) is 5.92 Å². The van der Waals surface area contributed by atoms with E-state index in [0.717, 1.165) is 57.8 Å². The van der Waals surface area contributed by atoms with Crippen LogP contribution in [-0.4, -0.2) is 6.18 Å². The fraction of sp³-hybridized carbons (Fsp3) is 0.613. The van der Waals surface area contributed by atoms with Crippen LogP contribution in [-0.2, 0) is 0 Å². The van der Waals surface area contributed by atoms with E-state index >= 15 is 0 Å². The molecule has 2 aromatic rings. The molecule has 0 N–H and O–H groups in total. The summed E-state index contributed by atoms with van der Waals surface area (Å²) < 4.78 is 41.8. The standard InChI is InChI=1S/C31H41F3/c1-22-3-12-26(13-4-22)28-16-7-24(8-17-28)11-20-30(31(32,33)34)21-25-9-18-29(19-10-25)27-14-5-23(2)6-15-27/h3-6,12-15,24-25,28-30H,7-11,16-21H2,1-2H3. The van der Waals surface area contributed by atoms with Gasteiger partial charge in [0.05, 0.1) is 5.92 Å². The van der Waals surface area contributed by atoms with Gasteiger partial charge in [-0.05, 0) is 119 Å². The van der Waals surface area contributed by atoms with Crippen molar-refractivity contribution in [2.45, 2.75) is 102 Å². The fourth-order valence-corrected chi connectivity index (χ4v) is 6.45. The van der Waals surface area contributed by atoms with Gasteiger partial charge in [-0.3, -0.25) is 0 Å². The van der Waals surface area contributed by atoms with Crippen molar-refractivity contribution in [3.8, 4) is 0 Å². The van der Waals surface area contributed by atoms with Crippen molar-refractivity contribution < 1.29 is 13.2 Å². The molecule has 1 unspecified atom stereocenters. The molecule has 34 heavy (non-hydrogen) atoms.